The van der Waals surface area contributed by atoms with Crippen LogP contribution in [0.2, 0.25) is 0 Å². The van der Waals surface area contributed by atoms with Crippen LogP contribution < -0.4 is 14.9 Å². The lowest BCUT2D eigenvalue weighted by Gasteiger charge is -2.26. The third-order valence-electron chi connectivity index (χ3n) is 8.83. The second kappa shape index (κ2) is 13.4. The summed E-state index contributed by atoms with van der Waals surface area (Å²) in [6.07, 6.45) is 3.99. The standard InChI is InChI=1S/C41H34N4O3S/c1-4-48-40(47)36-37(30-10-6-5-7-11-30)43-41-45(38(36)31-20-18-29(19-21-31)26(2)3)39(46)35(49-41)22-32-25-44(34-13-9-8-12-33(32)34)24-28-16-14-27(23-42)15-17-28/h5-22,25-26,38H,4,24H2,1-3H3/b35-22-/t38-/m0/s1. The molecule has 1 aliphatic heterocycles. The van der Waals surface area contributed by atoms with Crippen molar-refractivity contribution in [2.24, 2.45) is 4.99 Å². The summed E-state index contributed by atoms with van der Waals surface area (Å²) in [6, 6.07) is 34.8. The molecular weight excluding hydrogens is 629 g/mol. The van der Waals surface area contributed by atoms with Crippen molar-refractivity contribution in [2.75, 3.05) is 6.61 Å². The molecule has 1 atom stereocenters. The molecule has 0 saturated carbocycles. The Morgan fingerprint density at radius 3 is 2.39 bits per heavy atom. The molecule has 2 aromatic heterocycles. The third-order valence-corrected chi connectivity index (χ3v) is 9.82. The van der Waals surface area contributed by atoms with Crippen LogP contribution in [0.15, 0.2) is 125 Å². The van der Waals surface area contributed by atoms with Gasteiger partial charge in [0, 0.05) is 34.8 Å². The van der Waals surface area contributed by atoms with Gasteiger partial charge in [0.1, 0.15) is 0 Å². The fourth-order valence-electron chi connectivity index (χ4n) is 6.36. The van der Waals surface area contributed by atoms with E-state index in [1.165, 1.54) is 16.9 Å². The number of ether oxygens (including phenoxy) is 1. The van der Waals surface area contributed by atoms with E-state index in [0.717, 1.165) is 33.2 Å². The number of hydrogen-bond acceptors (Lipinski definition) is 6. The Labute approximate surface area is 288 Å². The van der Waals surface area contributed by atoms with Gasteiger partial charge in [-0.2, -0.15) is 5.26 Å². The number of aromatic nitrogens is 2. The fourth-order valence-corrected chi connectivity index (χ4v) is 7.35. The number of carbonyl (C=O) groups excluding carboxylic acids is 1. The average Bonchev–Trinajstić information content (AvgIpc) is 3.64. The van der Waals surface area contributed by atoms with Crippen molar-refractivity contribution < 1.29 is 9.53 Å². The molecule has 0 saturated heterocycles. The van der Waals surface area contributed by atoms with Gasteiger partial charge in [-0.15, -0.1) is 0 Å². The van der Waals surface area contributed by atoms with E-state index in [1.54, 1.807) is 11.5 Å². The predicted octanol–water partition coefficient (Wildman–Crippen LogP) is 6.93. The van der Waals surface area contributed by atoms with Gasteiger partial charge in [-0.25, -0.2) is 9.79 Å². The molecule has 0 N–H and O–H groups in total. The molecule has 0 radical (unpaired) electrons. The van der Waals surface area contributed by atoms with E-state index >= 15 is 0 Å². The zero-order valence-corrected chi connectivity index (χ0v) is 28.3. The molecule has 7 rings (SSSR count). The van der Waals surface area contributed by atoms with E-state index < -0.39 is 12.0 Å². The van der Waals surface area contributed by atoms with Crippen molar-refractivity contribution in [3.63, 3.8) is 0 Å². The number of nitriles is 1. The van der Waals surface area contributed by atoms with Crippen LogP contribution in [0, 0.1) is 11.3 Å². The lowest BCUT2D eigenvalue weighted by atomic mass is 9.91. The van der Waals surface area contributed by atoms with Crippen LogP contribution in [0.1, 0.15) is 66.1 Å². The highest BCUT2D eigenvalue weighted by atomic mass is 32.1. The maximum atomic E-state index is 14.5. The Morgan fingerprint density at radius 2 is 1.69 bits per heavy atom. The van der Waals surface area contributed by atoms with Crippen molar-refractivity contribution in [1.82, 2.24) is 9.13 Å². The summed E-state index contributed by atoms with van der Waals surface area (Å²) in [4.78, 5) is 33.8. The van der Waals surface area contributed by atoms with Crippen LogP contribution in [-0.2, 0) is 16.1 Å². The normalized spacial score (nSPS) is 14.5. The molecule has 7 nitrogen and oxygen atoms in total. The molecule has 0 unspecified atom stereocenters. The maximum absolute atomic E-state index is 14.5. The summed E-state index contributed by atoms with van der Waals surface area (Å²) >= 11 is 1.32. The number of hydrogen-bond donors (Lipinski definition) is 0. The molecule has 49 heavy (non-hydrogen) atoms. The summed E-state index contributed by atoms with van der Waals surface area (Å²) in [5, 5.41) is 10.2. The number of fused-ring (bicyclic) bond motifs is 2. The van der Waals surface area contributed by atoms with Gasteiger partial charge in [0.05, 0.1) is 40.1 Å². The van der Waals surface area contributed by atoms with Gasteiger partial charge in [-0.1, -0.05) is 110 Å². The zero-order chi connectivity index (χ0) is 34.1. The van der Waals surface area contributed by atoms with Gasteiger partial charge in [0.15, 0.2) is 4.80 Å². The summed E-state index contributed by atoms with van der Waals surface area (Å²) in [5.74, 6) is -0.168. The number of thiazole rings is 1. The second-order valence-corrected chi connectivity index (χ2v) is 13.3. The smallest absolute Gasteiger partial charge is 0.338 e. The Bertz CT molecular complexity index is 2440. The monoisotopic (exact) mass is 662 g/mol. The highest BCUT2D eigenvalue weighted by Crippen LogP contribution is 2.35. The minimum Gasteiger partial charge on any atom is -0.463 e. The zero-order valence-electron chi connectivity index (χ0n) is 27.5. The van der Waals surface area contributed by atoms with Crippen LogP contribution in [-0.4, -0.2) is 21.7 Å². The van der Waals surface area contributed by atoms with Gasteiger partial charge in [-0.05, 0) is 53.8 Å². The van der Waals surface area contributed by atoms with E-state index in [0.29, 0.717) is 38.6 Å². The molecular formula is C41H34N4O3S. The van der Waals surface area contributed by atoms with Crippen molar-refractivity contribution in [3.05, 3.63) is 168 Å². The number of nitrogens with zero attached hydrogens (tertiary/aromatic N) is 4. The first-order valence-electron chi connectivity index (χ1n) is 16.3. The summed E-state index contributed by atoms with van der Waals surface area (Å²) in [7, 11) is 0. The van der Waals surface area contributed by atoms with E-state index in [2.05, 4.69) is 54.9 Å². The van der Waals surface area contributed by atoms with Crippen LogP contribution in [0.25, 0.3) is 22.7 Å². The first-order valence-corrected chi connectivity index (χ1v) is 17.1. The minimum atomic E-state index is -0.730. The molecule has 0 spiro atoms. The summed E-state index contributed by atoms with van der Waals surface area (Å²) < 4.78 is 9.94. The molecule has 0 fully saturated rings. The number of para-hydroxylation sites is 1. The summed E-state index contributed by atoms with van der Waals surface area (Å²) in [5.41, 5.74) is 6.98. The SMILES string of the molecule is CCOC(=O)C1=C(c2ccccc2)N=c2s/c(=C\c3cn(Cc4ccc(C#N)cc4)c4ccccc34)c(=O)n2[C@H]1c1ccc(C(C)C)cc1. The Balaban J connectivity index is 1.43. The molecule has 4 aromatic carbocycles. The molecule has 242 valence electrons. The Hall–Kier alpha value is -5.78. The number of rotatable bonds is 8. The molecule has 0 amide bonds. The maximum Gasteiger partial charge on any atom is 0.338 e. The highest BCUT2D eigenvalue weighted by molar-refractivity contribution is 7.07. The van der Waals surface area contributed by atoms with Crippen LogP contribution in [0.5, 0.6) is 0 Å². The summed E-state index contributed by atoms with van der Waals surface area (Å²) in [6.45, 7) is 6.85. The van der Waals surface area contributed by atoms with E-state index in [-0.39, 0.29) is 12.2 Å². The number of benzene rings is 4. The Kier molecular flexibility index (Phi) is 8.68. The molecule has 8 heteroatoms. The predicted molar refractivity (Wildman–Crippen MR) is 194 cm³/mol. The van der Waals surface area contributed by atoms with E-state index in [9.17, 15) is 14.9 Å². The van der Waals surface area contributed by atoms with Crippen molar-refractivity contribution in [3.8, 4) is 6.07 Å². The van der Waals surface area contributed by atoms with Crippen molar-refractivity contribution >= 4 is 40.0 Å². The molecule has 1 aliphatic rings. The van der Waals surface area contributed by atoms with Crippen molar-refractivity contribution in [2.45, 2.75) is 39.3 Å². The first-order chi connectivity index (χ1) is 23.9. The lowest BCUT2D eigenvalue weighted by Crippen LogP contribution is -2.40. The van der Waals surface area contributed by atoms with Crippen LogP contribution in [0.4, 0.5) is 0 Å². The van der Waals surface area contributed by atoms with Gasteiger partial charge in [0.2, 0.25) is 0 Å². The third kappa shape index (κ3) is 6.05. The van der Waals surface area contributed by atoms with Gasteiger partial charge < -0.3 is 9.30 Å². The average molecular weight is 663 g/mol. The van der Waals surface area contributed by atoms with Crippen LogP contribution in [0.3, 0.4) is 0 Å². The van der Waals surface area contributed by atoms with Gasteiger partial charge >= 0.3 is 5.97 Å². The van der Waals surface area contributed by atoms with E-state index in [1.807, 2.05) is 84.9 Å². The number of esters is 1. The lowest BCUT2D eigenvalue weighted by molar-refractivity contribution is -0.138. The molecule has 6 aromatic rings. The second-order valence-electron chi connectivity index (χ2n) is 12.3. The first kappa shape index (κ1) is 31.8. The van der Waals surface area contributed by atoms with Gasteiger partial charge in [0.25, 0.3) is 5.56 Å². The van der Waals surface area contributed by atoms with Gasteiger partial charge in [-0.3, -0.25) is 9.36 Å². The van der Waals surface area contributed by atoms with Crippen molar-refractivity contribution in [1.29, 1.82) is 5.26 Å². The van der Waals surface area contributed by atoms with E-state index in [4.69, 9.17) is 9.73 Å². The topological polar surface area (TPSA) is 89.4 Å². The Morgan fingerprint density at radius 1 is 0.980 bits per heavy atom. The quantitative estimate of drug-likeness (QED) is 0.165. The molecule has 3 heterocycles. The largest absolute Gasteiger partial charge is 0.463 e. The fraction of sp³-hybridized carbons (Fsp3) is 0.171. The van der Waals surface area contributed by atoms with Crippen LogP contribution >= 0.6 is 11.3 Å². The molecule has 0 bridgehead atoms. The highest BCUT2D eigenvalue weighted by Gasteiger charge is 2.35. The minimum absolute atomic E-state index is 0.195. The molecule has 0 aliphatic carbocycles. The number of carbonyl (C=O) groups is 1.